The second-order valence-electron chi connectivity index (χ2n) is 5.18. The molecule has 0 rings (SSSR count). The van der Waals surface area contributed by atoms with Crippen molar-refractivity contribution in [3.63, 3.8) is 0 Å². The maximum Gasteiger partial charge on any atom is 0.309 e. The van der Waals surface area contributed by atoms with Gasteiger partial charge in [0.25, 0.3) is 0 Å². The van der Waals surface area contributed by atoms with Crippen LogP contribution in [0, 0.1) is 0 Å². The Morgan fingerprint density at radius 1 is 0.842 bits per heavy atom. The lowest BCUT2D eigenvalue weighted by molar-refractivity contribution is -0.140. The largest absolute Gasteiger partial charge is 0.465 e. The first-order chi connectivity index (χ1) is 9.31. The van der Waals surface area contributed by atoms with Crippen LogP contribution in [0.15, 0.2) is 0 Å². The fourth-order valence-electron chi connectivity index (χ4n) is 2.05. The molecular weight excluding hydrogens is 255 g/mol. The van der Waals surface area contributed by atoms with E-state index in [9.17, 15) is 4.79 Å². The third-order valence-electron chi connectivity index (χ3n) is 3.28. The SMILES string of the molecule is CCCCCCCCCCCCOC(=O)CPCC. The number of hydrogen-bond acceptors (Lipinski definition) is 2. The lowest BCUT2D eigenvalue weighted by Gasteiger charge is -2.04. The molecule has 0 aliphatic heterocycles. The Labute approximate surface area is 121 Å². The van der Waals surface area contributed by atoms with Crippen LogP contribution in [0.3, 0.4) is 0 Å². The van der Waals surface area contributed by atoms with Gasteiger partial charge < -0.3 is 4.74 Å². The van der Waals surface area contributed by atoms with Gasteiger partial charge in [0.05, 0.1) is 12.8 Å². The number of esters is 1. The van der Waals surface area contributed by atoms with Gasteiger partial charge in [-0.05, 0) is 12.6 Å². The minimum atomic E-state index is -0.00360. The summed E-state index contributed by atoms with van der Waals surface area (Å²) in [4.78, 5) is 11.2. The zero-order chi connectivity index (χ0) is 14.2. The van der Waals surface area contributed by atoms with Crippen LogP contribution in [0.4, 0.5) is 0 Å². The van der Waals surface area contributed by atoms with Crippen LogP contribution in [0.1, 0.15) is 78.1 Å². The van der Waals surface area contributed by atoms with Gasteiger partial charge in [0.15, 0.2) is 0 Å². The molecule has 0 aromatic heterocycles. The van der Waals surface area contributed by atoms with Crippen molar-refractivity contribution >= 4 is 14.6 Å². The Kier molecular flexibility index (Phi) is 15.9. The van der Waals surface area contributed by atoms with Crippen molar-refractivity contribution in [1.82, 2.24) is 0 Å². The van der Waals surface area contributed by atoms with E-state index in [4.69, 9.17) is 4.74 Å². The van der Waals surface area contributed by atoms with E-state index >= 15 is 0 Å². The third kappa shape index (κ3) is 15.8. The molecule has 0 fully saturated rings. The van der Waals surface area contributed by atoms with Crippen LogP contribution in [-0.4, -0.2) is 24.9 Å². The summed E-state index contributed by atoms with van der Waals surface area (Å²) in [5.41, 5.74) is 0. The number of rotatable bonds is 14. The quantitative estimate of drug-likeness (QED) is 0.251. The van der Waals surface area contributed by atoms with Crippen LogP contribution in [-0.2, 0) is 9.53 Å². The van der Waals surface area contributed by atoms with Gasteiger partial charge in [-0.1, -0.05) is 71.6 Å². The highest BCUT2D eigenvalue weighted by atomic mass is 31.1. The van der Waals surface area contributed by atoms with E-state index in [0.29, 0.717) is 12.8 Å². The van der Waals surface area contributed by atoms with E-state index in [0.717, 1.165) is 21.2 Å². The summed E-state index contributed by atoms with van der Waals surface area (Å²) in [6.45, 7) is 4.99. The average Bonchev–Trinajstić information content (AvgIpc) is 2.42. The van der Waals surface area contributed by atoms with Crippen LogP contribution >= 0.6 is 8.58 Å². The van der Waals surface area contributed by atoms with Gasteiger partial charge in [0, 0.05) is 0 Å². The summed E-state index contributed by atoms with van der Waals surface area (Å²) < 4.78 is 5.18. The zero-order valence-corrected chi connectivity index (χ0v) is 14.0. The molecule has 0 saturated heterocycles. The minimum Gasteiger partial charge on any atom is -0.465 e. The van der Waals surface area contributed by atoms with Gasteiger partial charge in [-0.25, -0.2) is 0 Å². The fourth-order valence-corrected chi connectivity index (χ4v) is 2.61. The molecule has 0 spiro atoms. The standard InChI is InChI=1S/C16H33O2P/c1-3-5-6-7-8-9-10-11-12-13-14-18-16(17)15-19-4-2/h19H,3-15H2,1-2H3. The Morgan fingerprint density at radius 3 is 1.89 bits per heavy atom. The summed E-state index contributed by atoms with van der Waals surface area (Å²) >= 11 is 0. The summed E-state index contributed by atoms with van der Waals surface area (Å²) in [5.74, 6) is -0.00360. The molecule has 114 valence electrons. The van der Waals surface area contributed by atoms with Gasteiger partial charge in [0.2, 0.25) is 0 Å². The van der Waals surface area contributed by atoms with Crippen LogP contribution in [0.2, 0.25) is 0 Å². The van der Waals surface area contributed by atoms with Crippen molar-refractivity contribution in [2.45, 2.75) is 78.1 Å². The molecule has 0 radical (unpaired) electrons. The van der Waals surface area contributed by atoms with Crippen molar-refractivity contribution in [3.05, 3.63) is 0 Å². The van der Waals surface area contributed by atoms with E-state index in [2.05, 4.69) is 13.8 Å². The molecule has 0 aromatic rings. The first-order valence-corrected chi connectivity index (χ1v) is 9.59. The lowest BCUT2D eigenvalue weighted by atomic mass is 10.1. The molecule has 0 saturated carbocycles. The van der Waals surface area contributed by atoms with Gasteiger partial charge >= 0.3 is 5.97 Å². The van der Waals surface area contributed by atoms with E-state index in [1.165, 1.54) is 57.8 Å². The summed E-state index contributed by atoms with van der Waals surface area (Å²) in [5, 5.41) is 0. The zero-order valence-electron chi connectivity index (χ0n) is 13.0. The molecule has 3 heteroatoms. The smallest absolute Gasteiger partial charge is 0.309 e. The third-order valence-corrected chi connectivity index (χ3v) is 4.32. The fraction of sp³-hybridized carbons (Fsp3) is 0.938. The maximum atomic E-state index is 11.2. The molecule has 1 unspecified atom stereocenters. The molecule has 0 bridgehead atoms. The first kappa shape index (κ1) is 18.9. The molecule has 0 aliphatic rings. The molecule has 2 nitrogen and oxygen atoms in total. The normalized spacial score (nSPS) is 11.3. The molecule has 0 amide bonds. The van der Waals surface area contributed by atoms with Gasteiger partial charge in [-0.15, -0.1) is 8.58 Å². The number of carbonyl (C=O) groups excluding carboxylic acids is 1. The number of carbonyl (C=O) groups is 1. The van der Waals surface area contributed by atoms with Crippen molar-refractivity contribution in [1.29, 1.82) is 0 Å². The molecule has 0 aliphatic carbocycles. The second-order valence-corrected chi connectivity index (χ2v) is 6.74. The van der Waals surface area contributed by atoms with Crippen molar-refractivity contribution in [2.24, 2.45) is 0 Å². The van der Waals surface area contributed by atoms with Gasteiger partial charge in [0.1, 0.15) is 0 Å². The lowest BCUT2D eigenvalue weighted by Crippen LogP contribution is -2.07. The van der Waals surface area contributed by atoms with Crippen LogP contribution in [0.25, 0.3) is 0 Å². The van der Waals surface area contributed by atoms with Gasteiger partial charge in [-0.3, -0.25) is 4.79 Å². The summed E-state index contributed by atoms with van der Waals surface area (Å²) in [6, 6.07) is 0. The molecular formula is C16H33O2P. The Balaban J connectivity index is 3.04. The van der Waals surface area contributed by atoms with Gasteiger partial charge in [-0.2, -0.15) is 0 Å². The number of ether oxygens (including phenoxy) is 1. The molecule has 1 atom stereocenters. The number of hydrogen-bond donors (Lipinski definition) is 0. The van der Waals surface area contributed by atoms with E-state index in [1.807, 2.05) is 0 Å². The van der Waals surface area contributed by atoms with E-state index in [-0.39, 0.29) is 5.97 Å². The highest BCUT2D eigenvalue weighted by Gasteiger charge is 2.00. The second kappa shape index (κ2) is 16.0. The minimum absolute atomic E-state index is 0.00360. The number of unbranched alkanes of at least 4 members (excludes halogenated alkanes) is 9. The highest BCUT2D eigenvalue weighted by Crippen LogP contribution is 2.11. The average molecular weight is 288 g/mol. The monoisotopic (exact) mass is 288 g/mol. The molecule has 0 aromatic carbocycles. The van der Waals surface area contributed by atoms with Crippen molar-refractivity contribution in [2.75, 3.05) is 18.9 Å². The summed E-state index contributed by atoms with van der Waals surface area (Å²) in [7, 11) is 0.732. The van der Waals surface area contributed by atoms with E-state index < -0.39 is 0 Å². The highest BCUT2D eigenvalue weighted by molar-refractivity contribution is 7.39. The Morgan fingerprint density at radius 2 is 1.37 bits per heavy atom. The summed E-state index contributed by atoms with van der Waals surface area (Å²) in [6.07, 6.45) is 14.9. The molecule has 0 heterocycles. The molecule has 19 heavy (non-hydrogen) atoms. The predicted octanol–water partition coefficient (Wildman–Crippen LogP) is 5.15. The first-order valence-electron chi connectivity index (χ1n) is 8.17. The van der Waals surface area contributed by atoms with Crippen LogP contribution < -0.4 is 0 Å². The predicted molar refractivity (Wildman–Crippen MR) is 86.5 cm³/mol. The molecule has 0 N–H and O–H groups in total. The van der Waals surface area contributed by atoms with E-state index in [1.54, 1.807) is 0 Å². The Bertz CT molecular complexity index is 195. The van der Waals surface area contributed by atoms with Crippen molar-refractivity contribution in [3.8, 4) is 0 Å². The maximum absolute atomic E-state index is 11.2. The van der Waals surface area contributed by atoms with Crippen molar-refractivity contribution < 1.29 is 9.53 Å². The topological polar surface area (TPSA) is 26.3 Å². The Hall–Kier alpha value is -0.100. The van der Waals surface area contributed by atoms with Crippen LogP contribution in [0.5, 0.6) is 0 Å².